The molecule has 0 radical (unpaired) electrons. The van der Waals surface area contributed by atoms with E-state index in [1.165, 1.54) is 18.5 Å². The van der Waals surface area contributed by atoms with Crippen LogP contribution in [-0.2, 0) is 6.18 Å². The van der Waals surface area contributed by atoms with E-state index >= 15 is 0 Å². The summed E-state index contributed by atoms with van der Waals surface area (Å²) in [6, 6.07) is 3.22. The van der Waals surface area contributed by atoms with Gasteiger partial charge in [0.25, 0.3) is 0 Å². The second-order valence-electron chi connectivity index (χ2n) is 3.76. The third-order valence-corrected chi connectivity index (χ3v) is 2.28. The van der Waals surface area contributed by atoms with Gasteiger partial charge in [-0.15, -0.1) is 0 Å². The van der Waals surface area contributed by atoms with Gasteiger partial charge >= 0.3 is 6.18 Å². The van der Waals surface area contributed by atoms with E-state index in [0.29, 0.717) is 6.20 Å². The van der Waals surface area contributed by atoms with E-state index in [2.05, 4.69) is 9.97 Å². The van der Waals surface area contributed by atoms with Crippen LogP contribution in [0, 0.1) is 0 Å². The fraction of sp³-hybridized carbons (Fsp3) is 0.0833. The molecule has 8 heteroatoms. The molecule has 0 aliphatic carbocycles. The zero-order chi connectivity index (χ0) is 14.8. The van der Waals surface area contributed by atoms with Crippen LogP contribution < -0.4 is 10.5 Å². The molecule has 0 spiro atoms. The summed E-state index contributed by atoms with van der Waals surface area (Å²) >= 11 is 0. The quantitative estimate of drug-likeness (QED) is 0.938. The maximum absolute atomic E-state index is 12.3. The van der Waals surface area contributed by atoms with E-state index in [4.69, 9.17) is 10.5 Å². The molecule has 5 nitrogen and oxygen atoms in total. The van der Waals surface area contributed by atoms with Crippen LogP contribution in [0.3, 0.4) is 0 Å². The van der Waals surface area contributed by atoms with Crippen molar-refractivity contribution in [2.75, 3.05) is 0 Å². The first kappa shape index (κ1) is 13.8. The van der Waals surface area contributed by atoms with E-state index in [1.54, 1.807) is 0 Å². The van der Waals surface area contributed by atoms with Crippen molar-refractivity contribution >= 4 is 5.91 Å². The van der Waals surface area contributed by atoms with Crippen LogP contribution >= 0.6 is 0 Å². The molecule has 2 heterocycles. The molecule has 0 aliphatic rings. The lowest BCUT2D eigenvalue weighted by molar-refractivity contribution is -0.137. The minimum Gasteiger partial charge on any atom is -0.437 e. The van der Waals surface area contributed by atoms with Crippen LogP contribution in [0.4, 0.5) is 13.2 Å². The highest BCUT2D eigenvalue weighted by atomic mass is 19.4. The summed E-state index contributed by atoms with van der Waals surface area (Å²) in [7, 11) is 0. The zero-order valence-corrected chi connectivity index (χ0v) is 9.89. The first-order chi connectivity index (χ1) is 9.36. The Balaban J connectivity index is 2.18. The van der Waals surface area contributed by atoms with Gasteiger partial charge in [-0.05, 0) is 12.1 Å². The number of amides is 1. The van der Waals surface area contributed by atoms with Gasteiger partial charge in [0.2, 0.25) is 11.8 Å². The van der Waals surface area contributed by atoms with Crippen molar-refractivity contribution in [2.45, 2.75) is 6.18 Å². The molecule has 0 saturated carbocycles. The summed E-state index contributed by atoms with van der Waals surface area (Å²) in [5.41, 5.74) is 4.31. The van der Waals surface area contributed by atoms with Gasteiger partial charge in [-0.1, -0.05) is 0 Å². The van der Waals surface area contributed by atoms with Crippen molar-refractivity contribution in [3.63, 3.8) is 0 Å². The Kier molecular flexibility index (Phi) is 3.55. The molecule has 2 N–H and O–H groups in total. The lowest BCUT2D eigenvalue weighted by atomic mass is 10.2. The maximum Gasteiger partial charge on any atom is 0.417 e. The number of alkyl halides is 3. The van der Waals surface area contributed by atoms with Gasteiger partial charge in [0, 0.05) is 18.5 Å². The van der Waals surface area contributed by atoms with E-state index in [1.807, 2.05) is 0 Å². The Morgan fingerprint density at radius 2 is 1.95 bits per heavy atom. The average Bonchev–Trinajstić information content (AvgIpc) is 2.38. The van der Waals surface area contributed by atoms with Gasteiger partial charge in [-0.25, -0.2) is 4.98 Å². The first-order valence-corrected chi connectivity index (χ1v) is 5.32. The molecule has 0 fully saturated rings. The van der Waals surface area contributed by atoms with E-state index in [9.17, 15) is 18.0 Å². The van der Waals surface area contributed by atoms with Crippen molar-refractivity contribution in [2.24, 2.45) is 5.73 Å². The lowest BCUT2D eigenvalue weighted by Gasteiger charge is -2.08. The van der Waals surface area contributed by atoms with E-state index in [-0.39, 0.29) is 17.2 Å². The van der Waals surface area contributed by atoms with Crippen molar-refractivity contribution in [1.29, 1.82) is 0 Å². The summed E-state index contributed by atoms with van der Waals surface area (Å²) in [4.78, 5) is 18.2. The minimum absolute atomic E-state index is 0.0542. The molecule has 0 unspecified atom stereocenters. The third-order valence-electron chi connectivity index (χ3n) is 2.28. The highest BCUT2D eigenvalue weighted by molar-refractivity contribution is 5.92. The van der Waals surface area contributed by atoms with E-state index < -0.39 is 17.6 Å². The van der Waals surface area contributed by atoms with Crippen LogP contribution in [0.2, 0.25) is 0 Å². The molecule has 2 aromatic rings. The van der Waals surface area contributed by atoms with Crippen molar-refractivity contribution in [3.05, 3.63) is 47.9 Å². The summed E-state index contributed by atoms with van der Waals surface area (Å²) in [6.45, 7) is 0. The second kappa shape index (κ2) is 5.16. The summed E-state index contributed by atoms with van der Waals surface area (Å²) in [6.07, 6.45) is -1.28. The molecule has 0 atom stereocenters. The second-order valence-corrected chi connectivity index (χ2v) is 3.76. The number of aromatic nitrogens is 2. The van der Waals surface area contributed by atoms with Crippen molar-refractivity contribution in [1.82, 2.24) is 9.97 Å². The van der Waals surface area contributed by atoms with Crippen molar-refractivity contribution in [3.8, 4) is 11.6 Å². The Hall–Kier alpha value is -2.64. The number of nitrogens with zero attached hydrogens (tertiary/aromatic N) is 2. The topological polar surface area (TPSA) is 78.1 Å². The predicted octanol–water partition coefficient (Wildman–Crippen LogP) is 2.39. The molecule has 20 heavy (non-hydrogen) atoms. The van der Waals surface area contributed by atoms with Gasteiger partial charge in [0.05, 0.1) is 17.3 Å². The number of primary amides is 1. The number of halogens is 3. The molecule has 0 aromatic carbocycles. The fourth-order valence-electron chi connectivity index (χ4n) is 1.34. The molecular weight excluding hydrogens is 275 g/mol. The third kappa shape index (κ3) is 3.22. The van der Waals surface area contributed by atoms with Gasteiger partial charge in [0.15, 0.2) is 0 Å². The smallest absolute Gasteiger partial charge is 0.417 e. The molecule has 2 rings (SSSR count). The number of nitrogens with two attached hydrogens (primary N) is 1. The summed E-state index contributed by atoms with van der Waals surface area (Å²) < 4.78 is 42.2. The number of rotatable bonds is 3. The normalized spacial score (nSPS) is 11.2. The molecule has 0 aliphatic heterocycles. The largest absolute Gasteiger partial charge is 0.437 e. The number of hydrogen-bond donors (Lipinski definition) is 1. The summed E-state index contributed by atoms with van der Waals surface area (Å²) in [5, 5.41) is 0. The number of ether oxygens (including phenoxy) is 1. The zero-order valence-electron chi connectivity index (χ0n) is 9.89. The van der Waals surface area contributed by atoms with Crippen LogP contribution in [0.5, 0.6) is 11.6 Å². The number of carbonyl (C=O) groups is 1. The maximum atomic E-state index is 12.3. The van der Waals surface area contributed by atoms with E-state index in [0.717, 1.165) is 12.1 Å². The Labute approximate surface area is 111 Å². The number of pyridine rings is 2. The minimum atomic E-state index is -4.46. The van der Waals surface area contributed by atoms with Gasteiger partial charge < -0.3 is 10.5 Å². The molecule has 2 aromatic heterocycles. The molecular formula is C12H8F3N3O2. The summed E-state index contributed by atoms with van der Waals surface area (Å²) in [5.74, 6) is -0.599. The van der Waals surface area contributed by atoms with Gasteiger partial charge in [-0.2, -0.15) is 13.2 Å². The Morgan fingerprint density at radius 3 is 2.50 bits per heavy atom. The Bertz CT molecular complexity index is 627. The molecule has 104 valence electrons. The lowest BCUT2D eigenvalue weighted by Crippen LogP contribution is -2.11. The Morgan fingerprint density at radius 1 is 1.20 bits per heavy atom. The van der Waals surface area contributed by atoms with Gasteiger partial charge in [0.1, 0.15) is 5.75 Å². The molecule has 1 amide bonds. The van der Waals surface area contributed by atoms with Gasteiger partial charge in [-0.3, -0.25) is 9.78 Å². The fourth-order valence-corrected chi connectivity index (χ4v) is 1.34. The van der Waals surface area contributed by atoms with Crippen LogP contribution in [0.1, 0.15) is 15.9 Å². The highest BCUT2D eigenvalue weighted by Gasteiger charge is 2.30. The van der Waals surface area contributed by atoms with Crippen LogP contribution in [0.15, 0.2) is 36.8 Å². The number of hydrogen-bond acceptors (Lipinski definition) is 4. The molecule has 0 bridgehead atoms. The highest BCUT2D eigenvalue weighted by Crippen LogP contribution is 2.29. The van der Waals surface area contributed by atoms with Crippen molar-refractivity contribution < 1.29 is 22.7 Å². The molecule has 0 saturated heterocycles. The first-order valence-electron chi connectivity index (χ1n) is 5.32. The monoisotopic (exact) mass is 283 g/mol. The number of carbonyl (C=O) groups excluding carboxylic acids is 1. The van der Waals surface area contributed by atoms with Crippen LogP contribution in [0.25, 0.3) is 0 Å². The standard InChI is InChI=1S/C12H8F3N3O2/c13-12(14,15)8-1-2-10(18-5-8)20-9-3-7(11(16)19)4-17-6-9/h1-6H,(H2,16,19). The van der Waals surface area contributed by atoms with Crippen LogP contribution in [-0.4, -0.2) is 15.9 Å². The predicted molar refractivity (Wildman–Crippen MR) is 62.1 cm³/mol. The SMILES string of the molecule is NC(=O)c1cncc(Oc2ccc(C(F)(F)F)cn2)c1. The average molecular weight is 283 g/mol.